The van der Waals surface area contributed by atoms with E-state index in [-0.39, 0.29) is 6.54 Å². The minimum atomic E-state index is -0.864. The minimum absolute atomic E-state index is 0.256. The fourth-order valence-corrected chi connectivity index (χ4v) is 0.907. The molecule has 88 valence electrons. The molecular weight excluding hydrogens is 208 g/mol. The molecule has 1 rings (SSSR count). The molecule has 0 radical (unpaired) electrons. The lowest BCUT2D eigenvalue weighted by Gasteiger charge is -2.19. The predicted molar refractivity (Wildman–Crippen MR) is 59.2 cm³/mol. The quantitative estimate of drug-likeness (QED) is 0.793. The molecule has 0 amide bonds. The Morgan fingerprint density at radius 3 is 2.44 bits per heavy atom. The molecule has 0 fully saturated rings. The zero-order valence-electron chi connectivity index (χ0n) is 9.90. The Kier molecular flexibility index (Phi) is 3.41. The first-order chi connectivity index (χ1) is 7.33. The third-order valence-electron chi connectivity index (χ3n) is 2.36. The lowest BCUT2D eigenvalue weighted by atomic mass is 9.94. The van der Waals surface area contributed by atoms with Crippen LogP contribution in [0.4, 0.5) is 5.95 Å². The Hall–Kier alpha value is -1.72. The summed E-state index contributed by atoms with van der Waals surface area (Å²) in [7, 11) is 0. The van der Waals surface area contributed by atoms with Crippen LogP contribution < -0.4 is 5.32 Å². The van der Waals surface area contributed by atoms with E-state index in [1.165, 1.54) is 0 Å². The fourth-order valence-electron chi connectivity index (χ4n) is 0.907. The van der Waals surface area contributed by atoms with Crippen molar-refractivity contribution in [1.82, 2.24) is 15.2 Å². The first-order valence-corrected chi connectivity index (χ1v) is 4.98. The summed E-state index contributed by atoms with van der Waals surface area (Å²) in [5.74, 6) is -0.505. The summed E-state index contributed by atoms with van der Waals surface area (Å²) < 4.78 is 0. The van der Waals surface area contributed by atoms with Crippen LogP contribution in [0.1, 0.15) is 25.2 Å². The highest BCUT2D eigenvalue weighted by Crippen LogP contribution is 2.15. The molecular formula is C10H16N4O2. The number of anilines is 1. The number of nitrogens with one attached hydrogen (secondary N) is 1. The van der Waals surface area contributed by atoms with Crippen LogP contribution in [0.15, 0.2) is 0 Å². The first kappa shape index (κ1) is 12.4. The maximum Gasteiger partial charge on any atom is 0.310 e. The molecule has 0 atom stereocenters. The lowest BCUT2D eigenvalue weighted by molar-refractivity contribution is -0.146. The van der Waals surface area contributed by atoms with Gasteiger partial charge in [0.15, 0.2) is 0 Å². The smallest absolute Gasteiger partial charge is 0.310 e. The average molecular weight is 224 g/mol. The van der Waals surface area contributed by atoms with E-state index < -0.39 is 11.4 Å². The highest BCUT2D eigenvalue weighted by atomic mass is 16.4. The van der Waals surface area contributed by atoms with Gasteiger partial charge in [0, 0.05) is 6.54 Å². The van der Waals surface area contributed by atoms with E-state index in [9.17, 15) is 4.79 Å². The number of carboxylic acids is 1. The van der Waals surface area contributed by atoms with Crippen molar-refractivity contribution in [2.24, 2.45) is 5.41 Å². The molecule has 0 saturated carbocycles. The molecule has 1 heterocycles. The fraction of sp³-hybridized carbons (Fsp3) is 0.600. The van der Waals surface area contributed by atoms with E-state index in [0.29, 0.717) is 5.95 Å². The van der Waals surface area contributed by atoms with Crippen LogP contribution in [-0.4, -0.2) is 32.8 Å². The Morgan fingerprint density at radius 2 is 1.94 bits per heavy atom. The average Bonchev–Trinajstić information content (AvgIpc) is 2.20. The number of hydrogen-bond acceptors (Lipinski definition) is 5. The van der Waals surface area contributed by atoms with E-state index in [1.807, 2.05) is 13.8 Å². The summed E-state index contributed by atoms with van der Waals surface area (Å²) in [6.07, 6.45) is 0. The Morgan fingerprint density at radius 1 is 1.31 bits per heavy atom. The molecule has 2 N–H and O–H groups in total. The summed E-state index contributed by atoms with van der Waals surface area (Å²) in [5, 5.41) is 19.5. The third-order valence-corrected chi connectivity index (χ3v) is 2.36. The Bertz CT molecular complexity index is 404. The van der Waals surface area contributed by atoms with E-state index in [1.54, 1.807) is 13.8 Å². The van der Waals surface area contributed by atoms with E-state index >= 15 is 0 Å². The maximum absolute atomic E-state index is 10.9. The van der Waals surface area contributed by atoms with Gasteiger partial charge in [0.1, 0.15) is 0 Å². The van der Waals surface area contributed by atoms with Crippen LogP contribution in [-0.2, 0) is 4.79 Å². The van der Waals surface area contributed by atoms with Gasteiger partial charge in [0.2, 0.25) is 5.95 Å². The normalized spacial score (nSPS) is 11.2. The molecule has 0 saturated heterocycles. The van der Waals surface area contributed by atoms with Crippen LogP contribution in [0.25, 0.3) is 0 Å². The van der Waals surface area contributed by atoms with Crippen LogP contribution >= 0.6 is 0 Å². The number of aryl methyl sites for hydroxylation is 2. The molecule has 0 aliphatic rings. The van der Waals surface area contributed by atoms with E-state index in [0.717, 1.165) is 11.4 Å². The second kappa shape index (κ2) is 4.42. The summed E-state index contributed by atoms with van der Waals surface area (Å²) in [5.41, 5.74) is 0.691. The monoisotopic (exact) mass is 224 g/mol. The highest BCUT2D eigenvalue weighted by Gasteiger charge is 2.27. The molecule has 0 aliphatic heterocycles. The predicted octanol–water partition coefficient (Wildman–Crippen LogP) is 1.01. The molecule has 1 aromatic heterocycles. The van der Waals surface area contributed by atoms with Crippen molar-refractivity contribution in [2.45, 2.75) is 27.7 Å². The maximum atomic E-state index is 10.9. The first-order valence-electron chi connectivity index (χ1n) is 4.98. The number of hydrogen-bond donors (Lipinski definition) is 2. The molecule has 0 aliphatic carbocycles. The van der Waals surface area contributed by atoms with Gasteiger partial charge in [-0.05, 0) is 27.7 Å². The van der Waals surface area contributed by atoms with Crippen molar-refractivity contribution in [3.05, 3.63) is 11.4 Å². The van der Waals surface area contributed by atoms with Gasteiger partial charge in [-0.2, -0.15) is 5.10 Å². The summed E-state index contributed by atoms with van der Waals surface area (Å²) in [6.45, 7) is 7.18. The van der Waals surface area contributed by atoms with Crippen LogP contribution in [0.2, 0.25) is 0 Å². The summed E-state index contributed by atoms with van der Waals surface area (Å²) in [4.78, 5) is 15.0. The van der Waals surface area contributed by atoms with Crippen LogP contribution in [0.5, 0.6) is 0 Å². The number of rotatable bonds is 4. The molecule has 6 heteroatoms. The molecule has 0 unspecified atom stereocenters. The number of aromatic nitrogens is 3. The third kappa shape index (κ3) is 2.88. The molecule has 16 heavy (non-hydrogen) atoms. The largest absolute Gasteiger partial charge is 0.481 e. The zero-order valence-corrected chi connectivity index (χ0v) is 9.90. The number of aliphatic carboxylic acids is 1. The van der Waals surface area contributed by atoms with Crippen molar-refractivity contribution >= 4 is 11.9 Å². The number of nitrogens with zero attached hydrogens (tertiary/aromatic N) is 3. The molecule has 0 aromatic carbocycles. The zero-order chi connectivity index (χ0) is 12.3. The van der Waals surface area contributed by atoms with E-state index in [2.05, 4.69) is 20.5 Å². The van der Waals surface area contributed by atoms with Gasteiger partial charge in [-0.25, -0.2) is 4.98 Å². The van der Waals surface area contributed by atoms with Crippen LogP contribution in [0, 0.1) is 19.3 Å². The standard InChI is InChI=1S/C10H16N4O2/c1-6-7(2)13-14-9(12-6)11-5-10(3,4)8(15)16/h5H2,1-4H3,(H,15,16)(H,11,12,14). The van der Waals surface area contributed by atoms with Gasteiger partial charge >= 0.3 is 5.97 Å². The van der Waals surface area contributed by atoms with Crippen molar-refractivity contribution in [1.29, 1.82) is 0 Å². The topological polar surface area (TPSA) is 88.0 Å². The Labute approximate surface area is 94.1 Å². The van der Waals surface area contributed by atoms with Crippen LogP contribution in [0.3, 0.4) is 0 Å². The summed E-state index contributed by atoms with van der Waals surface area (Å²) >= 11 is 0. The van der Waals surface area contributed by atoms with Gasteiger partial charge in [-0.1, -0.05) is 0 Å². The van der Waals surface area contributed by atoms with Crippen molar-refractivity contribution in [2.75, 3.05) is 11.9 Å². The van der Waals surface area contributed by atoms with Gasteiger partial charge in [-0.3, -0.25) is 4.79 Å². The van der Waals surface area contributed by atoms with Gasteiger partial charge in [0.05, 0.1) is 16.8 Å². The van der Waals surface area contributed by atoms with Crippen molar-refractivity contribution < 1.29 is 9.90 Å². The second-order valence-corrected chi connectivity index (χ2v) is 4.35. The minimum Gasteiger partial charge on any atom is -0.481 e. The van der Waals surface area contributed by atoms with Gasteiger partial charge in [0.25, 0.3) is 0 Å². The SMILES string of the molecule is Cc1nnc(NCC(C)(C)C(=O)O)nc1C. The number of carbonyl (C=O) groups is 1. The van der Waals surface area contributed by atoms with E-state index in [4.69, 9.17) is 5.11 Å². The molecule has 0 bridgehead atoms. The van der Waals surface area contributed by atoms with Crippen molar-refractivity contribution in [3.8, 4) is 0 Å². The highest BCUT2D eigenvalue weighted by molar-refractivity contribution is 5.74. The lowest BCUT2D eigenvalue weighted by Crippen LogP contribution is -2.32. The second-order valence-electron chi connectivity index (χ2n) is 4.35. The number of carboxylic acid groups (broad SMARTS) is 1. The Balaban J connectivity index is 2.68. The van der Waals surface area contributed by atoms with Gasteiger partial charge in [-0.15, -0.1) is 5.10 Å². The van der Waals surface area contributed by atoms with Crippen molar-refractivity contribution in [3.63, 3.8) is 0 Å². The molecule has 0 spiro atoms. The molecule has 6 nitrogen and oxygen atoms in total. The van der Waals surface area contributed by atoms with Gasteiger partial charge < -0.3 is 10.4 Å². The molecule has 1 aromatic rings. The summed E-state index contributed by atoms with van der Waals surface area (Å²) in [6, 6.07) is 0.